The molecule has 0 unspecified atom stereocenters. The number of carbonyl (C=O) groups excluding carboxylic acids is 1. The number of ether oxygens (including phenoxy) is 1. The van der Waals surface area contributed by atoms with Gasteiger partial charge in [-0.15, -0.1) is 0 Å². The third-order valence-corrected chi connectivity index (χ3v) is 3.83. The largest absolute Gasteiger partial charge is 0.468 e. The molecule has 0 fully saturated rings. The van der Waals surface area contributed by atoms with E-state index in [1.165, 1.54) is 19.4 Å². The van der Waals surface area contributed by atoms with Gasteiger partial charge >= 0.3 is 5.97 Å². The van der Waals surface area contributed by atoms with Crippen LogP contribution in [0.25, 0.3) is 0 Å². The summed E-state index contributed by atoms with van der Waals surface area (Å²) >= 11 is 0. The average molecular weight is 286 g/mol. The van der Waals surface area contributed by atoms with Gasteiger partial charge in [-0.25, -0.2) is 13.4 Å². The van der Waals surface area contributed by atoms with Gasteiger partial charge in [0.15, 0.2) is 5.03 Å². The van der Waals surface area contributed by atoms with Crippen LogP contribution in [-0.4, -0.2) is 32.5 Å². The Morgan fingerprint density at radius 3 is 2.42 bits per heavy atom. The van der Waals surface area contributed by atoms with Crippen LogP contribution in [0.15, 0.2) is 29.4 Å². The lowest BCUT2D eigenvalue weighted by molar-refractivity contribution is -0.145. The van der Waals surface area contributed by atoms with Crippen molar-refractivity contribution in [2.75, 3.05) is 7.11 Å². The van der Waals surface area contributed by atoms with E-state index in [0.717, 1.165) is 0 Å². The molecule has 0 aliphatic carbocycles. The van der Waals surface area contributed by atoms with Crippen LogP contribution in [0.5, 0.6) is 0 Å². The average Bonchev–Trinajstić information content (AvgIpc) is 2.35. The van der Waals surface area contributed by atoms with Gasteiger partial charge in [0.1, 0.15) is 6.04 Å². The molecule has 0 saturated heterocycles. The summed E-state index contributed by atoms with van der Waals surface area (Å²) < 4.78 is 31.2. The van der Waals surface area contributed by atoms with Gasteiger partial charge in [-0.1, -0.05) is 26.8 Å². The van der Waals surface area contributed by atoms with E-state index < -0.39 is 27.4 Å². The Morgan fingerprint density at radius 2 is 2.00 bits per heavy atom. The lowest BCUT2D eigenvalue weighted by Gasteiger charge is -2.28. The molecule has 1 N–H and O–H groups in total. The predicted molar refractivity (Wildman–Crippen MR) is 69.8 cm³/mol. The molecule has 1 atom stereocenters. The van der Waals surface area contributed by atoms with E-state index in [4.69, 9.17) is 0 Å². The number of nitrogens with zero attached hydrogens (tertiary/aromatic N) is 1. The van der Waals surface area contributed by atoms with E-state index in [-0.39, 0.29) is 5.03 Å². The molecule has 0 aliphatic rings. The van der Waals surface area contributed by atoms with Crippen LogP contribution in [-0.2, 0) is 19.6 Å². The van der Waals surface area contributed by atoms with Crippen LogP contribution in [0.3, 0.4) is 0 Å². The maximum absolute atomic E-state index is 12.1. The Hall–Kier alpha value is -1.47. The van der Waals surface area contributed by atoms with Crippen LogP contribution in [0.2, 0.25) is 0 Å². The number of esters is 1. The third kappa shape index (κ3) is 4.00. The highest BCUT2D eigenvalue weighted by Crippen LogP contribution is 2.22. The third-order valence-electron chi connectivity index (χ3n) is 2.49. The molecular weight excluding hydrogens is 268 g/mol. The molecule has 0 saturated carbocycles. The number of nitrogens with one attached hydrogen (secondary N) is 1. The summed E-state index contributed by atoms with van der Waals surface area (Å²) in [6.45, 7) is 5.24. The number of rotatable bonds is 4. The normalized spacial score (nSPS) is 13.9. The number of sulfonamides is 1. The molecule has 7 heteroatoms. The fraction of sp³-hybridized carbons (Fsp3) is 0.500. The van der Waals surface area contributed by atoms with E-state index in [1.807, 2.05) is 0 Å². The molecule has 1 aromatic heterocycles. The first-order valence-electron chi connectivity index (χ1n) is 5.69. The zero-order valence-corrected chi connectivity index (χ0v) is 12.2. The van der Waals surface area contributed by atoms with Crippen molar-refractivity contribution in [3.05, 3.63) is 24.4 Å². The molecule has 6 nitrogen and oxygen atoms in total. The van der Waals surface area contributed by atoms with Crippen LogP contribution >= 0.6 is 0 Å². The summed E-state index contributed by atoms with van der Waals surface area (Å²) in [4.78, 5) is 15.5. The SMILES string of the molecule is COC(=O)[C@@H](NS(=O)(=O)c1ccccn1)C(C)(C)C. The van der Waals surface area contributed by atoms with Gasteiger partial charge in [-0.3, -0.25) is 4.79 Å². The van der Waals surface area contributed by atoms with Gasteiger partial charge in [0.25, 0.3) is 10.0 Å². The van der Waals surface area contributed by atoms with Gasteiger partial charge in [0.2, 0.25) is 0 Å². The molecule has 0 spiro atoms. The smallest absolute Gasteiger partial charge is 0.324 e. The first-order valence-corrected chi connectivity index (χ1v) is 7.18. The van der Waals surface area contributed by atoms with Crippen molar-refractivity contribution < 1.29 is 17.9 Å². The Morgan fingerprint density at radius 1 is 1.37 bits per heavy atom. The summed E-state index contributed by atoms with van der Waals surface area (Å²) in [6, 6.07) is 3.55. The summed E-state index contributed by atoms with van der Waals surface area (Å²) in [5.74, 6) is -0.632. The van der Waals surface area contributed by atoms with Gasteiger partial charge in [-0.2, -0.15) is 4.72 Å². The Bertz CT molecular complexity index is 535. The fourth-order valence-electron chi connectivity index (χ4n) is 1.42. The molecule has 19 heavy (non-hydrogen) atoms. The highest BCUT2D eigenvalue weighted by molar-refractivity contribution is 7.89. The van der Waals surface area contributed by atoms with E-state index in [0.29, 0.717) is 0 Å². The number of pyridine rings is 1. The highest BCUT2D eigenvalue weighted by Gasteiger charge is 2.36. The van der Waals surface area contributed by atoms with Crippen molar-refractivity contribution in [3.63, 3.8) is 0 Å². The van der Waals surface area contributed by atoms with Crippen molar-refractivity contribution >= 4 is 16.0 Å². The minimum Gasteiger partial charge on any atom is -0.468 e. The molecule has 0 bridgehead atoms. The van der Waals surface area contributed by atoms with Crippen molar-refractivity contribution in [2.45, 2.75) is 31.8 Å². The van der Waals surface area contributed by atoms with Crippen LogP contribution in [0.1, 0.15) is 20.8 Å². The summed E-state index contributed by atoms with van der Waals surface area (Å²) in [5, 5.41) is -0.131. The Kier molecular flexibility index (Phi) is 4.65. The summed E-state index contributed by atoms with van der Waals surface area (Å²) in [5.41, 5.74) is -0.616. The van der Waals surface area contributed by atoms with Gasteiger partial charge < -0.3 is 4.74 Å². The van der Waals surface area contributed by atoms with Crippen molar-refractivity contribution in [1.29, 1.82) is 0 Å². The van der Waals surface area contributed by atoms with Crippen LogP contribution in [0, 0.1) is 5.41 Å². The first-order chi connectivity index (χ1) is 8.68. The minimum absolute atomic E-state index is 0.131. The quantitative estimate of drug-likeness (QED) is 0.833. The zero-order valence-electron chi connectivity index (χ0n) is 11.4. The highest BCUT2D eigenvalue weighted by atomic mass is 32.2. The topological polar surface area (TPSA) is 85.4 Å². The van der Waals surface area contributed by atoms with E-state index >= 15 is 0 Å². The van der Waals surface area contributed by atoms with Crippen LogP contribution < -0.4 is 4.72 Å². The second-order valence-electron chi connectivity index (χ2n) is 5.11. The second kappa shape index (κ2) is 5.66. The molecule has 0 amide bonds. The number of hydrogen-bond acceptors (Lipinski definition) is 5. The molecule has 1 heterocycles. The summed E-state index contributed by atoms with van der Waals surface area (Å²) in [7, 11) is -2.64. The molecule has 0 radical (unpaired) electrons. The lowest BCUT2D eigenvalue weighted by Crippen LogP contribution is -2.49. The lowest BCUT2D eigenvalue weighted by atomic mass is 9.87. The Balaban J connectivity index is 3.07. The first kappa shape index (κ1) is 15.6. The van der Waals surface area contributed by atoms with E-state index in [2.05, 4.69) is 14.4 Å². The molecular formula is C12H18N2O4S. The molecule has 1 rings (SSSR count). The standard InChI is InChI=1S/C12H18N2O4S/c1-12(2,3)10(11(15)18-4)14-19(16,17)9-7-5-6-8-13-9/h5-8,10,14H,1-4H3/t10-/m1/s1. The maximum Gasteiger partial charge on any atom is 0.324 e. The molecule has 0 aliphatic heterocycles. The zero-order chi connectivity index (χ0) is 14.7. The van der Waals surface area contributed by atoms with Crippen molar-refractivity contribution in [1.82, 2.24) is 9.71 Å². The second-order valence-corrected chi connectivity index (χ2v) is 6.77. The van der Waals surface area contributed by atoms with E-state index in [1.54, 1.807) is 32.9 Å². The van der Waals surface area contributed by atoms with E-state index in [9.17, 15) is 13.2 Å². The molecule has 0 aromatic carbocycles. The van der Waals surface area contributed by atoms with Gasteiger partial charge in [0.05, 0.1) is 7.11 Å². The Labute approximate surface area is 113 Å². The summed E-state index contributed by atoms with van der Waals surface area (Å²) in [6.07, 6.45) is 1.37. The minimum atomic E-state index is -3.86. The van der Waals surface area contributed by atoms with Crippen LogP contribution in [0.4, 0.5) is 0 Å². The predicted octanol–water partition coefficient (Wildman–Crippen LogP) is 0.948. The van der Waals surface area contributed by atoms with Crippen molar-refractivity contribution in [3.8, 4) is 0 Å². The number of methoxy groups -OCH3 is 1. The number of hydrogen-bond donors (Lipinski definition) is 1. The molecule has 106 valence electrons. The maximum atomic E-state index is 12.1. The van der Waals surface area contributed by atoms with Gasteiger partial charge in [-0.05, 0) is 17.5 Å². The molecule has 1 aromatic rings. The fourth-order valence-corrected chi connectivity index (χ4v) is 2.76. The number of aromatic nitrogens is 1. The van der Waals surface area contributed by atoms with Crippen molar-refractivity contribution in [2.24, 2.45) is 5.41 Å². The number of carbonyl (C=O) groups is 1. The monoisotopic (exact) mass is 286 g/mol. The van der Waals surface area contributed by atoms with Gasteiger partial charge in [0, 0.05) is 6.20 Å².